The minimum atomic E-state index is 0.383. The molecule has 0 bridgehead atoms. The first-order valence-corrected chi connectivity index (χ1v) is 6.61. The summed E-state index contributed by atoms with van der Waals surface area (Å²) in [6, 6.07) is 8.43. The number of rotatable bonds is 3. The average Bonchev–Trinajstić information content (AvgIpc) is 2.38. The Labute approximate surface area is 120 Å². The molecule has 2 rings (SSSR count). The van der Waals surface area contributed by atoms with Crippen LogP contribution in [0, 0.1) is 18.3 Å². The van der Waals surface area contributed by atoms with E-state index in [1.54, 1.807) is 0 Å². The third-order valence-electron chi connectivity index (χ3n) is 3.46. The van der Waals surface area contributed by atoms with Gasteiger partial charge in [0.15, 0.2) is 0 Å². The third-order valence-corrected chi connectivity index (χ3v) is 3.46. The molecule has 0 aliphatic rings. The van der Waals surface area contributed by atoms with Gasteiger partial charge in [-0.25, -0.2) is 0 Å². The second-order valence-electron chi connectivity index (χ2n) is 5.32. The van der Waals surface area contributed by atoms with Gasteiger partial charge >= 0.3 is 0 Å². The molecule has 0 fully saturated rings. The zero-order chi connectivity index (χ0) is 14.9. The first-order chi connectivity index (χ1) is 9.47. The standard InChI is InChI=1S/C16H20N4/c1-11-12(9-10-17)16(20(4)5)13-7-6-8-14(19(2)3)15(13)18-11/h6-8H,9H2,1-5H3. The summed E-state index contributed by atoms with van der Waals surface area (Å²) in [6.07, 6.45) is 0.383. The number of nitrogens with zero attached hydrogens (tertiary/aromatic N) is 4. The summed E-state index contributed by atoms with van der Waals surface area (Å²) in [6.45, 7) is 1.98. The van der Waals surface area contributed by atoms with Crippen LogP contribution in [0.1, 0.15) is 11.3 Å². The highest BCUT2D eigenvalue weighted by Gasteiger charge is 2.16. The molecule has 0 aliphatic carbocycles. The second kappa shape index (κ2) is 5.38. The van der Waals surface area contributed by atoms with Crippen LogP contribution >= 0.6 is 0 Å². The van der Waals surface area contributed by atoms with Gasteiger partial charge in [-0.3, -0.25) is 4.98 Å². The van der Waals surface area contributed by atoms with Crippen LogP contribution in [0.15, 0.2) is 18.2 Å². The molecule has 0 unspecified atom stereocenters. The fourth-order valence-electron chi connectivity index (χ4n) is 2.57. The first kappa shape index (κ1) is 14.1. The lowest BCUT2D eigenvalue weighted by atomic mass is 10.0. The number of benzene rings is 1. The smallest absolute Gasteiger partial charge is 0.0959 e. The lowest BCUT2D eigenvalue weighted by Gasteiger charge is -2.23. The number of fused-ring (bicyclic) bond motifs is 1. The molecule has 0 spiro atoms. The van der Waals surface area contributed by atoms with Crippen molar-refractivity contribution in [3.8, 4) is 6.07 Å². The topological polar surface area (TPSA) is 43.2 Å². The number of aryl methyl sites for hydroxylation is 1. The Morgan fingerprint density at radius 1 is 1.15 bits per heavy atom. The lowest BCUT2D eigenvalue weighted by molar-refractivity contribution is 1.06. The normalized spacial score (nSPS) is 10.4. The molecule has 1 heterocycles. The van der Waals surface area contributed by atoms with Crippen molar-refractivity contribution in [2.24, 2.45) is 0 Å². The predicted molar refractivity (Wildman–Crippen MR) is 84.5 cm³/mol. The van der Waals surface area contributed by atoms with Gasteiger partial charge in [0.1, 0.15) is 0 Å². The molecule has 0 radical (unpaired) electrons. The Morgan fingerprint density at radius 2 is 1.85 bits per heavy atom. The van der Waals surface area contributed by atoms with Crippen molar-refractivity contribution >= 4 is 22.3 Å². The lowest BCUT2D eigenvalue weighted by Crippen LogP contribution is -2.15. The molecule has 4 nitrogen and oxygen atoms in total. The van der Waals surface area contributed by atoms with Crippen molar-refractivity contribution in [2.45, 2.75) is 13.3 Å². The summed E-state index contributed by atoms with van der Waals surface area (Å²) >= 11 is 0. The van der Waals surface area contributed by atoms with Crippen molar-refractivity contribution in [3.05, 3.63) is 29.5 Å². The largest absolute Gasteiger partial charge is 0.377 e. The van der Waals surface area contributed by atoms with E-state index in [9.17, 15) is 0 Å². The molecule has 0 aliphatic heterocycles. The van der Waals surface area contributed by atoms with Crippen LogP contribution in [0.5, 0.6) is 0 Å². The van der Waals surface area contributed by atoms with E-state index in [2.05, 4.69) is 28.0 Å². The van der Waals surface area contributed by atoms with Crippen molar-refractivity contribution in [1.82, 2.24) is 4.98 Å². The van der Waals surface area contributed by atoms with E-state index in [-0.39, 0.29) is 0 Å². The SMILES string of the molecule is Cc1nc2c(N(C)C)cccc2c(N(C)C)c1CC#N. The molecule has 0 N–H and O–H groups in total. The van der Waals surface area contributed by atoms with Crippen LogP contribution in [-0.4, -0.2) is 33.2 Å². The average molecular weight is 268 g/mol. The third kappa shape index (κ3) is 2.27. The molecule has 2 aromatic rings. The number of pyridine rings is 1. The van der Waals surface area contributed by atoms with E-state index < -0.39 is 0 Å². The van der Waals surface area contributed by atoms with Crippen molar-refractivity contribution in [3.63, 3.8) is 0 Å². The van der Waals surface area contributed by atoms with Gasteiger partial charge < -0.3 is 9.80 Å². The summed E-state index contributed by atoms with van der Waals surface area (Å²) in [5, 5.41) is 10.2. The maximum atomic E-state index is 9.06. The predicted octanol–water partition coefficient (Wildman–Crippen LogP) is 2.74. The van der Waals surface area contributed by atoms with E-state index >= 15 is 0 Å². The molecule has 4 heteroatoms. The number of anilines is 2. The van der Waals surface area contributed by atoms with Crippen LogP contribution < -0.4 is 9.80 Å². The van der Waals surface area contributed by atoms with Gasteiger partial charge in [0.2, 0.25) is 0 Å². The minimum Gasteiger partial charge on any atom is -0.377 e. The van der Waals surface area contributed by atoms with Gasteiger partial charge in [-0.05, 0) is 13.0 Å². The van der Waals surface area contributed by atoms with Gasteiger partial charge in [-0.2, -0.15) is 5.26 Å². The van der Waals surface area contributed by atoms with Gasteiger partial charge in [0.05, 0.1) is 29.4 Å². The van der Waals surface area contributed by atoms with Gasteiger partial charge in [-0.15, -0.1) is 0 Å². The number of hydrogen-bond acceptors (Lipinski definition) is 4. The van der Waals surface area contributed by atoms with Crippen LogP contribution in [0.3, 0.4) is 0 Å². The molecule has 104 valence electrons. The maximum absolute atomic E-state index is 9.06. The van der Waals surface area contributed by atoms with E-state index in [4.69, 9.17) is 10.2 Å². The zero-order valence-corrected chi connectivity index (χ0v) is 12.7. The van der Waals surface area contributed by atoms with Crippen LogP contribution in [-0.2, 0) is 6.42 Å². The van der Waals surface area contributed by atoms with Crippen LogP contribution in [0.2, 0.25) is 0 Å². The summed E-state index contributed by atoms with van der Waals surface area (Å²) in [5.74, 6) is 0. The van der Waals surface area contributed by atoms with Gasteiger partial charge in [0, 0.05) is 44.8 Å². The van der Waals surface area contributed by atoms with E-state index in [1.807, 2.05) is 41.2 Å². The molecule has 0 amide bonds. The number of nitriles is 1. The van der Waals surface area contributed by atoms with Crippen molar-refractivity contribution in [2.75, 3.05) is 38.0 Å². The Kier molecular flexibility index (Phi) is 3.80. The first-order valence-electron chi connectivity index (χ1n) is 6.61. The Morgan fingerprint density at radius 3 is 2.40 bits per heavy atom. The fraction of sp³-hybridized carbons (Fsp3) is 0.375. The monoisotopic (exact) mass is 268 g/mol. The van der Waals surface area contributed by atoms with E-state index in [0.717, 1.165) is 33.5 Å². The van der Waals surface area contributed by atoms with Gasteiger partial charge in [-0.1, -0.05) is 12.1 Å². The molecular weight excluding hydrogens is 248 g/mol. The maximum Gasteiger partial charge on any atom is 0.0959 e. The number of para-hydroxylation sites is 1. The number of aromatic nitrogens is 1. The van der Waals surface area contributed by atoms with Crippen molar-refractivity contribution < 1.29 is 0 Å². The summed E-state index contributed by atoms with van der Waals surface area (Å²) in [7, 11) is 8.06. The van der Waals surface area contributed by atoms with Crippen LogP contribution in [0.4, 0.5) is 11.4 Å². The zero-order valence-electron chi connectivity index (χ0n) is 12.7. The quantitative estimate of drug-likeness (QED) is 0.858. The second-order valence-corrected chi connectivity index (χ2v) is 5.32. The van der Waals surface area contributed by atoms with Crippen molar-refractivity contribution in [1.29, 1.82) is 5.26 Å². The molecule has 20 heavy (non-hydrogen) atoms. The Bertz CT molecular complexity index is 681. The molecule has 1 aromatic carbocycles. The minimum absolute atomic E-state index is 0.383. The number of hydrogen-bond donors (Lipinski definition) is 0. The highest BCUT2D eigenvalue weighted by molar-refractivity contribution is 6.00. The van der Waals surface area contributed by atoms with Gasteiger partial charge in [0.25, 0.3) is 0 Å². The summed E-state index contributed by atoms with van der Waals surface area (Å²) in [5.41, 5.74) is 5.12. The molecule has 0 atom stereocenters. The molecule has 1 aromatic heterocycles. The highest BCUT2D eigenvalue weighted by atomic mass is 15.1. The summed E-state index contributed by atoms with van der Waals surface area (Å²) in [4.78, 5) is 8.88. The Balaban J connectivity index is 2.90. The van der Waals surface area contributed by atoms with E-state index in [1.165, 1.54) is 0 Å². The van der Waals surface area contributed by atoms with E-state index in [0.29, 0.717) is 6.42 Å². The molecule has 0 saturated carbocycles. The fourth-order valence-corrected chi connectivity index (χ4v) is 2.57. The highest BCUT2D eigenvalue weighted by Crippen LogP contribution is 2.34. The molecule has 0 saturated heterocycles. The van der Waals surface area contributed by atoms with Crippen LogP contribution in [0.25, 0.3) is 10.9 Å². The molecular formula is C16H20N4. The summed E-state index contributed by atoms with van der Waals surface area (Å²) < 4.78 is 0. The Hall–Kier alpha value is -2.28.